The van der Waals surface area contributed by atoms with Gasteiger partial charge in [0.05, 0.1) is 7.11 Å². The van der Waals surface area contributed by atoms with Crippen molar-refractivity contribution < 1.29 is 19.1 Å². The molecule has 0 unspecified atom stereocenters. The van der Waals surface area contributed by atoms with Crippen LogP contribution in [0.15, 0.2) is 48.5 Å². The maximum atomic E-state index is 13.1. The summed E-state index contributed by atoms with van der Waals surface area (Å²) in [7, 11) is 1.58. The van der Waals surface area contributed by atoms with E-state index in [0.717, 1.165) is 12.0 Å². The first-order chi connectivity index (χ1) is 14.5. The van der Waals surface area contributed by atoms with Gasteiger partial charge in [0.1, 0.15) is 17.5 Å². The molecule has 2 aromatic rings. The quantitative estimate of drug-likeness (QED) is 0.581. The molecule has 1 atom stereocenters. The zero-order valence-electron chi connectivity index (χ0n) is 17.7. The van der Waals surface area contributed by atoms with Crippen molar-refractivity contribution in [1.82, 2.24) is 10.2 Å². The van der Waals surface area contributed by atoms with Gasteiger partial charge in [-0.05, 0) is 48.7 Å². The minimum absolute atomic E-state index is 0.177. The second-order valence-corrected chi connectivity index (χ2v) is 7.20. The standard InChI is InChI=1S/C23H29ClN2O4/c1-4-14-25-23(28)21(5-2)26(15-17-8-6-7-9-20(17)24)22(27)16-30-19-12-10-18(29-3)11-13-19/h6-13,21H,4-5,14-16H2,1-3H3,(H,25,28)/t21-/m0/s1. The van der Waals surface area contributed by atoms with Crippen molar-refractivity contribution in [1.29, 1.82) is 0 Å². The summed E-state index contributed by atoms with van der Waals surface area (Å²) in [5, 5.41) is 3.44. The molecule has 2 rings (SSSR count). The Morgan fingerprint density at radius 1 is 1.07 bits per heavy atom. The van der Waals surface area contributed by atoms with Crippen LogP contribution in [0.1, 0.15) is 32.3 Å². The van der Waals surface area contributed by atoms with Gasteiger partial charge in [-0.2, -0.15) is 0 Å². The number of carbonyl (C=O) groups excluding carboxylic acids is 2. The zero-order chi connectivity index (χ0) is 21.9. The van der Waals surface area contributed by atoms with E-state index in [2.05, 4.69) is 5.32 Å². The molecular formula is C23H29ClN2O4. The first-order valence-corrected chi connectivity index (χ1v) is 10.4. The van der Waals surface area contributed by atoms with Crippen LogP contribution in [0.25, 0.3) is 0 Å². The highest BCUT2D eigenvalue weighted by atomic mass is 35.5. The summed E-state index contributed by atoms with van der Waals surface area (Å²) in [6.07, 6.45) is 1.30. The van der Waals surface area contributed by atoms with E-state index in [0.29, 0.717) is 29.5 Å². The Balaban J connectivity index is 2.18. The van der Waals surface area contributed by atoms with Gasteiger partial charge in [0, 0.05) is 18.1 Å². The van der Waals surface area contributed by atoms with E-state index in [1.165, 1.54) is 4.90 Å². The first kappa shape index (κ1) is 23.5. The number of nitrogens with one attached hydrogen (secondary N) is 1. The van der Waals surface area contributed by atoms with Gasteiger partial charge in [-0.3, -0.25) is 9.59 Å². The number of ether oxygens (including phenoxy) is 2. The van der Waals surface area contributed by atoms with E-state index in [-0.39, 0.29) is 25.0 Å². The van der Waals surface area contributed by atoms with Crippen LogP contribution in [0.2, 0.25) is 5.02 Å². The number of halogens is 1. The molecular weight excluding hydrogens is 404 g/mol. The zero-order valence-corrected chi connectivity index (χ0v) is 18.4. The lowest BCUT2D eigenvalue weighted by molar-refractivity contribution is -0.143. The minimum atomic E-state index is -0.611. The lowest BCUT2D eigenvalue weighted by Gasteiger charge is -2.30. The summed E-state index contributed by atoms with van der Waals surface area (Å²) < 4.78 is 10.8. The highest BCUT2D eigenvalue weighted by Gasteiger charge is 2.29. The Morgan fingerprint density at radius 2 is 1.73 bits per heavy atom. The third kappa shape index (κ3) is 6.66. The second kappa shape index (κ2) is 12.1. The molecule has 0 aliphatic carbocycles. The fourth-order valence-electron chi connectivity index (χ4n) is 3.00. The number of hydrogen-bond acceptors (Lipinski definition) is 4. The summed E-state index contributed by atoms with van der Waals surface area (Å²) in [6, 6.07) is 13.7. The molecule has 2 amide bonds. The minimum Gasteiger partial charge on any atom is -0.497 e. The van der Waals surface area contributed by atoms with E-state index in [4.69, 9.17) is 21.1 Å². The Kier molecular flexibility index (Phi) is 9.48. The number of rotatable bonds is 11. The van der Waals surface area contributed by atoms with Crippen molar-refractivity contribution in [3.63, 3.8) is 0 Å². The summed E-state index contributed by atoms with van der Waals surface area (Å²) in [5.74, 6) is 0.784. The molecule has 1 N–H and O–H groups in total. The highest BCUT2D eigenvalue weighted by Crippen LogP contribution is 2.21. The van der Waals surface area contributed by atoms with Crippen LogP contribution in [-0.4, -0.2) is 43.0 Å². The summed E-state index contributed by atoms with van der Waals surface area (Å²) >= 11 is 6.30. The predicted octanol–water partition coefficient (Wildman–Crippen LogP) is 4.06. The fraction of sp³-hybridized carbons (Fsp3) is 0.391. The van der Waals surface area contributed by atoms with Crippen molar-refractivity contribution in [3.8, 4) is 11.5 Å². The van der Waals surface area contributed by atoms with E-state index in [1.54, 1.807) is 37.4 Å². The van der Waals surface area contributed by atoms with Gasteiger partial charge < -0.3 is 19.7 Å². The third-order valence-corrected chi connectivity index (χ3v) is 5.02. The lowest BCUT2D eigenvalue weighted by atomic mass is 10.1. The van der Waals surface area contributed by atoms with Crippen LogP contribution in [-0.2, 0) is 16.1 Å². The Hall–Kier alpha value is -2.73. The van der Waals surface area contributed by atoms with Gasteiger partial charge in [-0.1, -0.05) is 43.6 Å². The van der Waals surface area contributed by atoms with E-state index < -0.39 is 6.04 Å². The maximum Gasteiger partial charge on any atom is 0.261 e. The van der Waals surface area contributed by atoms with Gasteiger partial charge in [0.15, 0.2) is 6.61 Å². The predicted molar refractivity (Wildman–Crippen MR) is 118 cm³/mol. The molecule has 162 valence electrons. The van der Waals surface area contributed by atoms with Crippen LogP contribution >= 0.6 is 11.6 Å². The molecule has 30 heavy (non-hydrogen) atoms. The molecule has 7 heteroatoms. The summed E-state index contributed by atoms with van der Waals surface area (Å²) in [6.45, 7) is 4.46. The van der Waals surface area contributed by atoms with Crippen LogP contribution in [0.5, 0.6) is 11.5 Å². The van der Waals surface area contributed by atoms with Crippen LogP contribution in [0.3, 0.4) is 0 Å². The summed E-state index contributed by atoms with van der Waals surface area (Å²) in [4.78, 5) is 27.3. The third-order valence-electron chi connectivity index (χ3n) is 4.66. The number of hydrogen-bond donors (Lipinski definition) is 1. The SMILES string of the molecule is CCCNC(=O)[C@H](CC)N(Cc1ccccc1Cl)C(=O)COc1ccc(OC)cc1. The average Bonchev–Trinajstić information content (AvgIpc) is 2.77. The molecule has 0 fully saturated rings. The van der Waals surface area contributed by atoms with E-state index in [9.17, 15) is 9.59 Å². The van der Waals surface area contributed by atoms with Crippen LogP contribution in [0, 0.1) is 0 Å². The largest absolute Gasteiger partial charge is 0.497 e. The summed E-state index contributed by atoms with van der Waals surface area (Å²) in [5.41, 5.74) is 0.777. The molecule has 0 radical (unpaired) electrons. The highest BCUT2D eigenvalue weighted by molar-refractivity contribution is 6.31. The molecule has 0 spiro atoms. The molecule has 0 saturated heterocycles. The van der Waals surface area contributed by atoms with Gasteiger partial charge in [0.25, 0.3) is 5.91 Å². The van der Waals surface area contributed by atoms with Crippen molar-refractivity contribution in [2.45, 2.75) is 39.3 Å². The number of amides is 2. The molecule has 0 bridgehead atoms. The van der Waals surface area contributed by atoms with Crippen molar-refractivity contribution >= 4 is 23.4 Å². The molecule has 0 aromatic heterocycles. The molecule has 2 aromatic carbocycles. The van der Waals surface area contributed by atoms with Gasteiger partial charge in [-0.25, -0.2) is 0 Å². The molecule has 0 aliphatic heterocycles. The molecule has 0 saturated carbocycles. The first-order valence-electron chi connectivity index (χ1n) is 10.1. The number of benzene rings is 2. The van der Waals surface area contributed by atoms with Crippen molar-refractivity contribution in [2.75, 3.05) is 20.3 Å². The average molecular weight is 433 g/mol. The Labute approximate surface area is 183 Å². The van der Waals surface area contributed by atoms with E-state index in [1.807, 2.05) is 32.0 Å². The topological polar surface area (TPSA) is 67.9 Å². The Bertz CT molecular complexity index is 826. The van der Waals surface area contributed by atoms with Crippen molar-refractivity contribution in [3.05, 3.63) is 59.1 Å². The van der Waals surface area contributed by atoms with Gasteiger partial charge in [-0.15, -0.1) is 0 Å². The van der Waals surface area contributed by atoms with Crippen LogP contribution < -0.4 is 14.8 Å². The molecule has 0 aliphatic rings. The Morgan fingerprint density at radius 3 is 2.33 bits per heavy atom. The molecule has 6 nitrogen and oxygen atoms in total. The monoisotopic (exact) mass is 432 g/mol. The van der Waals surface area contributed by atoms with E-state index >= 15 is 0 Å². The molecule has 0 heterocycles. The van der Waals surface area contributed by atoms with Gasteiger partial charge in [0.2, 0.25) is 5.91 Å². The number of nitrogens with zero attached hydrogens (tertiary/aromatic N) is 1. The maximum absolute atomic E-state index is 13.1. The van der Waals surface area contributed by atoms with Crippen molar-refractivity contribution in [2.24, 2.45) is 0 Å². The van der Waals surface area contributed by atoms with Crippen LogP contribution in [0.4, 0.5) is 0 Å². The lowest BCUT2D eigenvalue weighted by Crippen LogP contribution is -2.50. The smallest absolute Gasteiger partial charge is 0.261 e. The number of methoxy groups -OCH3 is 1. The second-order valence-electron chi connectivity index (χ2n) is 6.79. The van der Waals surface area contributed by atoms with Gasteiger partial charge >= 0.3 is 0 Å². The number of carbonyl (C=O) groups is 2. The fourth-order valence-corrected chi connectivity index (χ4v) is 3.19. The normalized spacial score (nSPS) is 11.5.